The summed E-state index contributed by atoms with van der Waals surface area (Å²) in [7, 11) is -1.14. The summed E-state index contributed by atoms with van der Waals surface area (Å²) in [5.74, 6) is 0. The molecule has 22 heavy (non-hydrogen) atoms. The second kappa shape index (κ2) is 6.20. The molecule has 1 aromatic heterocycles. The highest BCUT2D eigenvalue weighted by molar-refractivity contribution is 6.60. The zero-order valence-electron chi connectivity index (χ0n) is 13.4. The molecule has 2 aromatic rings. The van der Waals surface area contributed by atoms with Crippen molar-refractivity contribution in [2.75, 3.05) is 0 Å². The van der Waals surface area contributed by atoms with Crippen LogP contribution in [0.2, 0.25) is 0 Å². The molecule has 0 amide bonds. The van der Waals surface area contributed by atoms with Gasteiger partial charge in [-0.25, -0.2) is 0 Å². The van der Waals surface area contributed by atoms with E-state index >= 15 is 0 Å². The first-order chi connectivity index (χ1) is 10.2. The average Bonchev–Trinajstić information content (AvgIpc) is 2.47. The fourth-order valence-corrected chi connectivity index (χ4v) is 1.82. The van der Waals surface area contributed by atoms with Gasteiger partial charge in [-0.15, -0.1) is 0 Å². The third-order valence-corrected chi connectivity index (χ3v) is 4.02. The summed E-state index contributed by atoms with van der Waals surface area (Å²) in [4.78, 5) is 4.36. The Balaban J connectivity index is 2.14. The van der Waals surface area contributed by atoms with Crippen LogP contribution in [-0.2, 0) is 4.65 Å². The zero-order valence-corrected chi connectivity index (χ0v) is 13.4. The average molecular weight is 299 g/mol. The number of pyridine rings is 1. The Morgan fingerprint density at radius 1 is 1.00 bits per heavy atom. The lowest BCUT2D eigenvalue weighted by atomic mass is 9.77. The smallest absolute Gasteiger partial charge is 0.423 e. The van der Waals surface area contributed by atoms with Gasteiger partial charge in [-0.2, -0.15) is 0 Å². The highest BCUT2D eigenvalue weighted by Gasteiger charge is 2.39. The van der Waals surface area contributed by atoms with Gasteiger partial charge in [-0.1, -0.05) is 36.4 Å². The van der Waals surface area contributed by atoms with Crippen molar-refractivity contribution in [1.29, 1.82) is 0 Å². The van der Waals surface area contributed by atoms with Crippen molar-refractivity contribution in [1.82, 2.24) is 4.98 Å². The molecule has 0 aliphatic heterocycles. The minimum Gasteiger partial charge on any atom is -0.423 e. The van der Waals surface area contributed by atoms with E-state index < -0.39 is 18.3 Å². The fraction of sp³-hybridized carbons (Fsp3) is 0.353. The van der Waals surface area contributed by atoms with Crippen molar-refractivity contribution < 1.29 is 14.8 Å². The molecule has 4 nitrogen and oxygen atoms in total. The van der Waals surface area contributed by atoms with E-state index in [1.165, 1.54) is 0 Å². The van der Waals surface area contributed by atoms with E-state index in [1.807, 2.05) is 36.4 Å². The van der Waals surface area contributed by atoms with Gasteiger partial charge in [-0.05, 0) is 33.8 Å². The van der Waals surface area contributed by atoms with E-state index in [0.717, 1.165) is 11.3 Å². The van der Waals surface area contributed by atoms with E-state index in [1.54, 1.807) is 40.0 Å². The summed E-state index contributed by atoms with van der Waals surface area (Å²) in [5.41, 5.74) is 0.423. The minimum atomic E-state index is -1.14. The van der Waals surface area contributed by atoms with Crippen LogP contribution in [0.4, 0.5) is 0 Å². The van der Waals surface area contributed by atoms with Crippen LogP contribution >= 0.6 is 0 Å². The van der Waals surface area contributed by atoms with Gasteiger partial charge in [0.05, 0.1) is 16.9 Å². The zero-order chi connectivity index (χ0) is 16.4. The molecule has 5 heteroatoms. The minimum absolute atomic E-state index is 0.553. The van der Waals surface area contributed by atoms with Crippen molar-refractivity contribution in [3.63, 3.8) is 0 Å². The number of aromatic nitrogens is 1. The maximum absolute atomic E-state index is 10.2. The lowest BCUT2D eigenvalue weighted by Gasteiger charge is -2.38. The maximum atomic E-state index is 10.2. The number of rotatable bonds is 5. The Labute approximate surface area is 131 Å². The molecule has 0 atom stereocenters. The summed E-state index contributed by atoms with van der Waals surface area (Å²) in [5, 5.41) is 20.3. The topological polar surface area (TPSA) is 62.6 Å². The standard InChI is InChI=1S/C17H22BNO3/c1-16(2,20)17(3,4)22-18(21)14-10-11-15(19-12-14)13-8-6-5-7-9-13/h5-12,20-21H,1-4H3. The van der Waals surface area contributed by atoms with E-state index in [-0.39, 0.29) is 0 Å². The van der Waals surface area contributed by atoms with Crippen LogP contribution in [-0.4, -0.2) is 33.4 Å². The monoisotopic (exact) mass is 299 g/mol. The molecule has 0 spiro atoms. The van der Waals surface area contributed by atoms with Crippen LogP contribution in [0, 0.1) is 0 Å². The Morgan fingerprint density at radius 2 is 1.64 bits per heavy atom. The van der Waals surface area contributed by atoms with E-state index in [0.29, 0.717) is 5.46 Å². The largest absolute Gasteiger partial charge is 0.493 e. The number of nitrogens with zero attached hydrogens (tertiary/aromatic N) is 1. The van der Waals surface area contributed by atoms with Crippen molar-refractivity contribution in [2.45, 2.75) is 38.9 Å². The Bertz CT molecular complexity index is 606. The molecule has 0 bridgehead atoms. The predicted molar refractivity (Wildman–Crippen MR) is 88.7 cm³/mol. The molecule has 1 heterocycles. The molecule has 0 fully saturated rings. The normalized spacial score (nSPS) is 12.3. The molecule has 2 N–H and O–H groups in total. The molecule has 0 unspecified atom stereocenters. The van der Waals surface area contributed by atoms with Gasteiger partial charge in [0, 0.05) is 17.2 Å². The number of benzene rings is 1. The summed E-state index contributed by atoms with van der Waals surface area (Å²) in [6.45, 7) is 6.77. The summed E-state index contributed by atoms with van der Waals surface area (Å²) >= 11 is 0. The quantitative estimate of drug-likeness (QED) is 0.829. The van der Waals surface area contributed by atoms with E-state index in [4.69, 9.17) is 4.65 Å². The van der Waals surface area contributed by atoms with Gasteiger partial charge < -0.3 is 14.8 Å². The number of hydrogen-bond acceptors (Lipinski definition) is 4. The van der Waals surface area contributed by atoms with Crippen molar-refractivity contribution >= 4 is 12.6 Å². The van der Waals surface area contributed by atoms with Crippen LogP contribution in [0.1, 0.15) is 27.7 Å². The van der Waals surface area contributed by atoms with Gasteiger partial charge in [0.1, 0.15) is 0 Å². The molecule has 116 valence electrons. The van der Waals surface area contributed by atoms with Gasteiger partial charge in [0.25, 0.3) is 0 Å². The molecule has 0 aliphatic carbocycles. The molecule has 2 rings (SSSR count). The van der Waals surface area contributed by atoms with Crippen LogP contribution in [0.15, 0.2) is 48.7 Å². The summed E-state index contributed by atoms with van der Waals surface area (Å²) in [6, 6.07) is 13.4. The third kappa shape index (κ3) is 3.74. The van der Waals surface area contributed by atoms with Crippen LogP contribution in [0.5, 0.6) is 0 Å². The molecule has 0 saturated heterocycles. The van der Waals surface area contributed by atoms with Gasteiger partial charge >= 0.3 is 7.12 Å². The lowest BCUT2D eigenvalue weighted by molar-refractivity contribution is -0.0982. The van der Waals surface area contributed by atoms with E-state index in [2.05, 4.69) is 4.98 Å². The molecule has 0 saturated carbocycles. The van der Waals surface area contributed by atoms with Crippen molar-refractivity contribution in [2.24, 2.45) is 0 Å². The summed E-state index contributed by atoms with van der Waals surface area (Å²) in [6.07, 6.45) is 1.59. The van der Waals surface area contributed by atoms with Gasteiger partial charge in [-0.3, -0.25) is 4.98 Å². The Hall–Kier alpha value is -1.69. The molecular formula is C17H22BNO3. The molecular weight excluding hydrogens is 277 g/mol. The highest BCUT2D eigenvalue weighted by atomic mass is 16.5. The number of aliphatic hydroxyl groups is 1. The predicted octanol–water partition coefficient (Wildman–Crippen LogP) is 2.00. The Kier molecular flexibility index (Phi) is 4.70. The Morgan fingerprint density at radius 3 is 2.14 bits per heavy atom. The van der Waals surface area contributed by atoms with Gasteiger partial charge in [0.15, 0.2) is 0 Å². The first kappa shape index (κ1) is 16.7. The molecule has 0 aliphatic rings. The second-order valence-electron chi connectivity index (χ2n) is 6.38. The van der Waals surface area contributed by atoms with Crippen molar-refractivity contribution in [3.05, 3.63) is 48.7 Å². The maximum Gasteiger partial charge on any atom is 0.493 e. The second-order valence-corrected chi connectivity index (χ2v) is 6.38. The SMILES string of the molecule is CC(C)(O)C(C)(C)OB(O)c1ccc(-c2ccccc2)nc1. The third-order valence-electron chi connectivity index (χ3n) is 4.02. The fourth-order valence-electron chi connectivity index (χ4n) is 1.82. The molecule has 1 aromatic carbocycles. The summed E-state index contributed by atoms with van der Waals surface area (Å²) < 4.78 is 5.60. The van der Waals surface area contributed by atoms with Crippen LogP contribution < -0.4 is 5.46 Å². The van der Waals surface area contributed by atoms with Crippen LogP contribution in [0.3, 0.4) is 0 Å². The lowest BCUT2D eigenvalue weighted by Crippen LogP contribution is -2.53. The van der Waals surface area contributed by atoms with Gasteiger partial charge in [0.2, 0.25) is 0 Å². The van der Waals surface area contributed by atoms with Crippen molar-refractivity contribution in [3.8, 4) is 11.3 Å². The highest BCUT2D eigenvalue weighted by Crippen LogP contribution is 2.25. The first-order valence-corrected chi connectivity index (χ1v) is 7.30. The first-order valence-electron chi connectivity index (χ1n) is 7.30. The van der Waals surface area contributed by atoms with Crippen LogP contribution in [0.25, 0.3) is 11.3 Å². The van der Waals surface area contributed by atoms with E-state index in [9.17, 15) is 10.1 Å². The molecule has 0 radical (unpaired) electrons. The number of hydrogen-bond donors (Lipinski definition) is 2.